The van der Waals surface area contributed by atoms with Crippen LogP contribution < -0.4 is 5.32 Å². The van der Waals surface area contributed by atoms with E-state index < -0.39 is 11.6 Å². The smallest absolute Gasteiger partial charge is 0.235 e. The molecule has 0 radical (unpaired) electrons. The Labute approximate surface area is 141 Å². The van der Waals surface area contributed by atoms with E-state index in [4.69, 9.17) is 0 Å². The van der Waals surface area contributed by atoms with E-state index in [1.54, 1.807) is 36.4 Å². The molecule has 1 N–H and O–H groups in total. The summed E-state index contributed by atoms with van der Waals surface area (Å²) < 4.78 is 0. The number of nitrogens with one attached hydrogen (secondary N) is 1. The van der Waals surface area contributed by atoms with Crippen LogP contribution in [0, 0.1) is 0 Å². The highest BCUT2D eigenvalue weighted by Crippen LogP contribution is 2.19. The van der Waals surface area contributed by atoms with Crippen LogP contribution in [0.5, 0.6) is 0 Å². The SMILES string of the molecule is O=C(C(=O)c1ccccc1NCc1ccccc1)c1ccccc1. The van der Waals surface area contributed by atoms with Crippen molar-refractivity contribution in [2.24, 2.45) is 0 Å². The lowest BCUT2D eigenvalue weighted by Gasteiger charge is -2.11. The van der Waals surface area contributed by atoms with Crippen LogP contribution in [0.4, 0.5) is 5.69 Å². The summed E-state index contributed by atoms with van der Waals surface area (Å²) in [6.07, 6.45) is 0. The quantitative estimate of drug-likeness (QED) is 0.543. The van der Waals surface area contributed by atoms with Gasteiger partial charge in [-0.05, 0) is 17.7 Å². The summed E-state index contributed by atoms with van der Waals surface area (Å²) in [6, 6.07) is 25.6. The van der Waals surface area contributed by atoms with Crippen LogP contribution >= 0.6 is 0 Å². The summed E-state index contributed by atoms with van der Waals surface area (Å²) in [5.74, 6) is -0.998. The van der Waals surface area contributed by atoms with Crippen LogP contribution in [0.3, 0.4) is 0 Å². The summed E-state index contributed by atoms with van der Waals surface area (Å²) in [7, 11) is 0. The van der Waals surface area contributed by atoms with Crippen molar-refractivity contribution in [1.82, 2.24) is 0 Å². The van der Waals surface area contributed by atoms with E-state index in [0.717, 1.165) is 5.56 Å². The van der Waals surface area contributed by atoms with Crippen LogP contribution in [0.25, 0.3) is 0 Å². The Morgan fingerprint density at radius 3 is 1.96 bits per heavy atom. The monoisotopic (exact) mass is 315 g/mol. The first-order valence-electron chi connectivity index (χ1n) is 7.76. The summed E-state index contributed by atoms with van der Waals surface area (Å²) in [6.45, 7) is 0.588. The van der Waals surface area contributed by atoms with Crippen LogP contribution in [0.15, 0.2) is 84.9 Å². The molecule has 0 aliphatic heterocycles. The molecule has 24 heavy (non-hydrogen) atoms. The van der Waals surface area contributed by atoms with Gasteiger partial charge in [0.15, 0.2) is 0 Å². The summed E-state index contributed by atoms with van der Waals surface area (Å²) >= 11 is 0. The van der Waals surface area contributed by atoms with Gasteiger partial charge in [0.2, 0.25) is 11.6 Å². The number of hydrogen-bond donors (Lipinski definition) is 1. The first-order chi connectivity index (χ1) is 11.8. The molecule has 0 heterocycles. The Morgan fingerprint density at radius 2 is 1.25 bits per heavy atom. The number of benzene rings is 3. The fourth-order valence-corrected chi connectivity index (χ4v) is 2.47. The van der Waals surface area contributed by atoms with Gasteiger partial charge in [-0.25, -0.2) is 0 Å². The molecule has 0 bridgehead atoms. The molecule has 3 aromatic carbocycles. The minimum absolute atomic E-state index is 0.391. The van der Waals surface area contributed by atoms with Gasteiger partial charge in [-0.2, -0.15) is 0 Å². The molecule has 0 saturated carbocycles. The van der Waals surface area contributed by atoms with Crippen LogP contribution in [-0.2, 0) is 6.54 Å². The van der Waals surface area contributed by atoms with E-state index in [1.165, 1.54) is 0 Å². The predicted molar refractivity (Wildman–Crippen MR) is 95.3 cm³/mol. The van der Waals surface area contributed by atoms with Crippen LogP contribution in [-0.4, -0.2) is 11.6 Å². The number of ketones is 2. The van der Waals surface area contributed by atoms with Crippen molar-refractivity contribution >= 4 is 17.3 Å². The van der Waals surface area contributed by atoms with Crippen molar-refractivity contribution in [1.29, 1.82) is 0 Å². The summed E-state index contributed by atoms with van der Waals surface area (Å²) in [5, 5.41) is 3.24. The Kier molecular flexibility index (Phi) is 4.82. The molecule has 118 valence electrons. The maximum atomic E-state index is 12.6. The second-order valence-electron chi connectivity index (χ2n) is 5.41. The highest BCUT2D eigenvalue weighted by molar-refractivity contribution is 6.50. The molecule has 0 amide bonds. The lowest BCUT2D eigenvalue weighted by Crippen LogP contribution is -2.16. The molecular formula is C21H17NO2. The highest BCUT2D eigenvalue weighted by Gasteiger charge is 2.20. The number of anilines is 1. The number of carbonyl (C=O) groups is 2. The van der Waals surface area contributed by atoms with Gasteiger partial charge in [0, 0.05) is 23.4 Å². The third kappa shape index (κ3) is 3.58. The van der Waals surface area contributed by atoms with E-state index in [0.29, 0.717) is 23.4 Å². The van der Waals surface area contributed by atoms with Gasteiger partial charge in [0.25, 0.3) is 0 Å². The standard InChI is InChI=1S/C21H17NO2/c23-20(17-11-5-2-6-12-17)21(24)18-13-7-8-14-19(18)22-15-16-9-3-1-4-10-16/h1-14,22H,15H2. The highest BCUT2D eigenvalue weighted by atomic mass is 16.2. The normalized spacial score (nSPS) is 10.2. The van der Waals surface area contributed by atoms with Crippen molar-refractivity contribution in [2.75, 3.05) is 5.32 Å². The Bertz CT molecular complexity index is 842. The summed E-state index contributed by atoms with van der Waals surface area (Å²) in [4.78, 5) is 25.0. The Hall–Kier alpha value is -3.20. The number of para-hydroxylation sites is 1. The average Bonchev–Trinajstić information content (AvgIpc) is 2.67. The molecule has 3 heteroatoms. The van der Waals surface area contributed by atoms with Crippen molar-refractivity contribution in [3.63, 3.8) is 0 Å². The average molecular weight is 315 g/mol. The second-order valence-corrected chi connectivity index (χ2v) is 5.41. The molecule has 3 rings (SSSR count). The molecule has 0 fully saturated rings. The summed E-state index contributed by atoms with van der Waals surface area (Å²) in [5.41, 5.74) is 2.56. The van der Waals surface area contributed by atoms with Crippen LogP contribution in [0.1, 0.15) is 26.3 Å². The number of carbonyl (C=O) groups excluding carboxylic acids is 2. The van der Waals surface area contributed by atoms with Crippen LogP contribution in [0.2, 0.25) is 0 Å². The van der Waals surface area contributed by atoms with Gasteiger partial charge < -0.3 is 5.32 Å². The van der Waals surface area contributed by atoms with Gasteiger partial charge >= 0.3 is 0 Å². The van der Waals surface area contributed by atoms with Crippen molar-refractivity contribution in [3.05, 3.63) is 102 Å². The molecule has 0 aliphatic rings. The molecule has 0 aromatic heterocycles. The van der Waals surface area contributed by atoms with Crippen molar-refractivity contribution < 1.29 is 9.59 Å². The zero-order valence-electron chi connectivity index (χ0n) is 13.1. The maximum absolute atomic E-state index is 12.6. The van der Waals surface area contributed by atoms with E-state index in [9.17, 15) is 9.59 Å². The van der Waals surface area contributed by atoms with Crippen molar-refractivity contribution in [2.45, 2.75) is 6.54 Å². The topological polar surface area (TPSA) is 46.2 Å². The third-order valence-electron chi connectivity index (χ3n) is 3.74. The molecule has 0 atom stereocenters. The lowest BCUT2D eigenvalue weighted by atomic mass is 10.00. The Balaban J connectivity index is 1.81. The maximum Gasteiger partial charge on any atom is 0.235 e. The van der Waals surface area contributed by atoms with E-state index in [2.05, 4.69) is 5.32 Å². The molecule has 0 spiro atoms. The molecular weight excluding hydrogens is 298 g/mol. The largest absolute Gasteiger partial charge is 0.380 e. The molecule has 0 saturated heterocycles. The fraction of sp³-hybridized carbons (Fsp3) is 0.0476. The second kappa shape index (κ2) is 7.38. The van der Waals surface area contributed by atoms with Gasteiger partial charge in [-0.1, -0.05) is 72.8 Å². The molecule has 0 unspecified atom stereocenters. The zero-order chi connectivity index (χ0) is 16.8. The number of Topliss-reactive ketones (excluding diaryl/α,β-unsaturated/α-hetero) is 2. The predicted octanol–water partition coefficient (Wildman–Crippen LogP) is 4.36. The first kappa shape index (κ1) is 15.7. The molecule has 3 nitrogen and oxygen atoms in total. The molecule has 0 aliphatic carbocycles. The number of rotatable bonds is 6. The minimum Gasteiger partial charge on any atom is -0.380 e. The zero-order valence-corrected chi connectivity index (χ0v) is 13.1. The first-order valence-corrected chi connectivity index (χ1v) is 7.76. The fourth-order valence-electron chi connectivity index (χ4n) is 2.47. The van der Waals surface area contributed by atoms with Crippen molar-refractivity contribution in [3.8, 4) is 0 Å². The van der Waals surface area contributed by atoms with Gasteiger partial charge in [0.05, 0.1) is 0 Å². The Morgan fingerprint density at radius 1 is 0.667 bits per heavy atom. The van der Waals surface area contributed by atoms with Gasteiger partial charge in [-0.15, -0.1) is 0 Å². The number of hydrogen-bond acceptors (Lipinski definition) is 3. The molecule has 3 aromatic rings. The lowest BCUT2D eigenvalue weighted by molar-refractivity contribution is 0.0817. The van der Waals surface area contributed by atoms with E-state index >= 15 is 0 Å². The van der Waals surface area contributed by atoms with E-state index in [-0.39, 0.29) is 0 Å². The van der Waals surface area contributed by atoms with E-state index in [1.807, 2.05) is 48.5 Å². The van der Waals surface area contributed by atoms with Gasteiger partial charge in [-0.3, -0.25) is 9.59 Å². The minimum atomic E-state index is -0.502. The van der Waals surface area contributed by atoms with Gasteiger partial charge in [0.1, 0.15) is 0 Å². The third-order valence-corrected chi connectivity index (χ3v) is 3.74.